The highest BCUT2D eigenvalue weighted by molar-refractivity contribution is 5.64. The van der Waals surface area contributed by atoms with E-state index in [1.54, 1.807) is 36.9 Å². The van der Waals surface area contributed by atoms with E-state index >= 15 is 0 Å². The predicted molar refractivity (Wildman–Crippen MR) is 77.4 cm³/mol. The van der Waals surface area contributed by atoms with Crippen LogP contribution in [0.2, 0.25) is 0 Å². The topological polar surface area (TPSA) is 81.8 Å². The van der Waals surface area contributed by atoms with Gasteiger partial charge in [-0.3, -0.25) is 15.1 Å². The van der Waals surface area contributed by atoms with Crippen molar-refractivity contribution in [3.63, 3.8) is 0 Å². The first-order valence-electron chi connectivity index (χ1n) is 6.21. The van der Waals surface area contributed by atoms with Crippen LogP contribution in [-0.4, -0.2) is 19.9 Å². The van der Waals surface area contributed by atoms with E-state index in [9.17, 15) is 10.1 Å². The lowest BCUT2D eigenvalue weighted by atomic mass is 10.1. The van der Waals surface area contributed by atoms with Gasteiger partial charge < -0.3 is 0 Å². The van der Waals surface area contributed by atoms with Gasteiger partial charge in [0.25, 0.3) is 5.69 Å². The molecule has 0 saturated heterocycles. The van der Waals surface area contributed by atoms with Crippen LogP contribution in [0.1, 0.15) is 0 Å². The van der Waals surface area contributed by atoms with Crippen LogP contribution < -0.4 is 0 Å². The first-order valence-corrected chi connectivity index (χ1v) is 6.21. The quantitative estimate of drug-likeness (QED) is 0.543. The maximum Gasteiger partial charge on any atom is 0.269 e. The van der Waals surface area contributed by atoms with Gasteiger partial charge in [0.05, 0.1) is 4.92 Å². The Morgan fingerprint density at radius 2 is 1.43 bits per heavy atom. The fourth-order valence-electron chi connectivity index (χ4n) is 1.90. The van der Waals surface area contributed by atoms with Gasteiger partial charge in [0.1, 0.15) is 0 Å². The average Bonchev–Trinajstić information content (AvgIpc) is 2.56. The lowest BCUT2D eigenvalue weighted by Crippen LogP contribution is -1.91. The van der Waals surface area contributed by atoms with E-state index in [0.29, 0.717) is 5.82 Å². The normalized spacial score (nSPS) is 10.3. The number of nitrogens with zero attached hydrogens (tertiary/aromatic N) is 4. The molecule has 3 aromatic rings. The zero-order valence-electron chi connectivity index (χ0n) is 10.9. The fourth-order valence-corrected chi connectivity index (χ4v) is 1.90. The molecule has 3 rings (SSSR count). The first kappa shape index (κ1) is 12.9. The molecule has 1 aromatic carbocycles. The Kier molecular flexibility index (Phi) is 3.34. The molecule has 0 unspecified atom stereocenters. The second-order valence-corrected chi connectivity index (χ2v) is 4.34. The van der Waals surface area contributed by atoms with Crippen LogP contribution in [0.25, 0.3) is 22.5 Å². The summed E-state index contributed by atoms with van der Waals surface area (Å²) in [5.74, 6) is 0.614. The predicted octanol–water partition coefficient (Wildman–Crippen LogP) is 3.11. The maximum absolute atomic E-state index is 10.6. The fraction of sp³-hybridized carbons (Fsp3) is 0. The minimum atomic E-state index is -0.424. The zero-order chi connectivity index (χ0) is 14.7. The molecule has 0 amide bonds. The molecule has 6 heteroatoms. The number of aromatic nitrogens is 3. The molecule has 0 spiro atoms. The number of nitro groups is 1. The number of nitro benzene ring substituents is 1. The van der Waals surface area contributed by atoms with Crippen molar-refractivity contribution in [3.8, 4) is 22.5 Å². The van der Waals surface area contributed by atoms with Crippen molar-refractivity contribution in [2.24, 2.45) is 0 Å². The summed E-state index contributed by atoms with van der Waals surface area (Å²) in [6.45, 7) is 0. The van der Waals surface area contributed by atoms with Crippen molar-refractivity contribution < 1.29 is 4.92 Å². The molecule has 0 atom stereocenters. The molecule has 2 heterocycles. The first-order chi connectivity index (χ1) is 10.2. The van der Waals surface area contributed by atoms with Crippen molar-refractivity contribution in [2.75, 3.05) is 0 Å². The van der Waals surface area contributed by atoms with Crippen LogP contribution in [0.3, 0.4) is 0 Å². The summed E-state index contributed by atoms with van der Waals surface area (Å²) in [6, 6.07) is 9.96. The summed E-state index contributed by atoms with van der Waals surface area (Å²) < 4.78 is 0. The molecule has 0 radical (unpaired) electrons. The van der Waals surface area contributed by atoms with Gasteiger partial charge in [-0.25, -0.2) is 9.97 Å². The molecule has 6 nitrogen and oxygen atoms in total. The highest BCUT2D eigenvalue weighted by Crippen LogP contribution is 2.22. The molecular weight excluding hydrogens is 268 g/mol. The highest BCUT2D eigenvalue weighted by Gasteiger charge is 2.06. The summed E-state index contributed by atoms with van der Waals surface area (Å²) in [5.41, 5.74) is 2.60. The molecule has 21 heavy (non-hydrogen) atoms. The largest absolute Gasteiger partial charge is 0.269 e. The minimum Gasteiger partial charge on any atom is -0.265 e. The van der Waals surface area contributed by atoms with Crippen LogP contribution in [0.4, 0.5) is 5.69 Å². The second kappa shape index (κ2) is 5.46. The Balaban J connectivity index is 1.89. The number of non-ortho nitro benzene ring substituents is 1. The molecule has 0 fully saturated rings. The molecule has 0 bridgehead atoms. The maximum atomic E-state index is 10.6. The van der Waals surface area contributed by atoms with Gasteiger partial charge in [0, 0.05) is 48.0 Å². The van der Waals surface area contributed by atoms with Gasteiger partial charge in [-0.2, -0.15) is 0 Å². The van der Waals surface area contributed by atoms with Crippen molar-refractivity contribution in [1.29, 1.82) is 0 Å². The Labute approximate surface area is 120 Å². The van der Waals surface area contributed by atoms with Crippen LogP contribution in [0.5, 0.6) is 0 Å². The smallest absolute Gasteiger partial charge is 0.265 e. The van der Waals surface area contributed by atoms with Crippen molar-refractivity contribution in [3.05, 3.63) is 71.3 Å². The standard InChI is InChI=1S/C15H10N4O2/c20-19(21)14-3-1-11(2-4-14)13-9-17-15(18-10-13)12-5-7-16-8-6-12/h1-10H. The summed E-state index contributed by atoms with van der Waals surface area (Å²) in [6.07, 6.45) is 6.76. The molecule has 0 aliphatic carbocycles. The van der Waals surface area contributed by atoms with Crippen LogP contribution in [0.15, 0.2) is 61.2 Å². The van der Waals surface area contributed by atoms with Gasteiger partial charge in [0.2, 0.25) is 0 Å². The van der Waals surface area contributed by atoms with Crippen LogP contribution in [0, 0.1) is 10.1 Å². The Hall–Kier alpha value is -3.15. The van der Waals surface area contributed by atoms with E-state index in [4.69, 9.17) is 0 Å². The third-order valence-electron chi connectivity index (χ3n) is 3.00. The molecule has 102 valence electrons. The van der Waals surface area contributed by atoms with E-state index in [0.717, 1.165) is 16.7 Å². The highest BCUT2D eigenvalue weighted by atomic mass is 16.6. The summed E-state index contributed by atoms with van der Waals surface area (Å²) in [5, 5.41) is 10.6. The van der Waals surface area contributed by atoms with Crippen molar-refractivity contribution in [2.45, 2.75) is 0 Å². The van der Waals surface area contributed by atoms with Gasteiger partial charge in [-0.15, -0.1) is 0 Å². The van der Waals surface area contributed by atoms with E-state index in [1.165, 1.54) is 12.1 Å². The average molecular weight is 278 g/mol. The monoisotopic (exact) mass is 278 g/mol. The number of benzene rings is 1. The molecule has 0 saturated carbocycles. The van der Waals surface area contributed by atoms with E-state index in [1.807, 2.05) is 12.1 Å². The van der Waals surface area contributed by atoms with Gasteiger partial charge in [-0.1, -0.05) is 0 Å². The number of hydrogen-bond acceptors (Lipinski definition) is 5. The number of pyridine rings is 1. The SMILES string of the molecule is O=[N+]([O-])c1ccc(-c2cnc(-c3ccncc3)nc2)cc1. The van der Waals surface area contributed by atoms with Crippen molar-refractivity contribution in [1.82, 2.24) is 15.0 Å². The molecule has 0 N–H and O–H groups in total. The van der Waals surface area contributed by atoms with Gasteiger partial charge in [-0.05, 0) is 29.8 Å². The van der Waals surface area contributed by atoms with E-state index in [-0.39, 0.29) is 5.69 Å². The second-order valence-electron chi connectivity index (χ2n) is 4.34. The Morgan fingerprint density at radius 3 is 2.00 bits per heavy atom. The molecule has 0 aliphatic rings. The third kappa shape index (κ3) is 2.74. The van der Waals surface area contributed by atoms with Crippen LogP contribution in [-0.2, 0) is 0 Å². The third-order valence-corrected chi connectivity index (χ3v) is 3.00. The summed E-state index contributed by atoms with van der Waals surface area (Å²) in [4.78, 5) is 22.8. The summed E-state index contributed by atoms with van der Waals surface area (Å²) in [7, 11) is 0. The minimum absolute atomic E-state index is 0.0630. The number of hydrogen-bond donors (Lipinski definition) is 0. The summed E-state index contributed by atoms with van der Waals surface area (Å²) >= 11 is 0. The van der Waals surface area contributed by atoms with Crippen LogP contribution >= 0.6 is 0 Å². The molecule has 2 aromatic heterocycles. The van der Waals surface area contributed by atoms with E-state index in [2.05, 4.69) is 15.0 Å². The lowest BCUT2D eigenvalue weighted by molar-refractivity contribution is -0.384. The lowest BCUT2D eigenvalue weighted by Gasteiger charge is -2.03. The van der Waals surface area contributed by atoms with Gasteiger partial charge in [0.15, 0.2) is 5.82 Å². The number of rotatable bonds is 3. The molecular formula is C15H10N4O2. The Bertz CT molecular complexity index is 756. The Morgan fingerprint density at radius 1 is 0.810 bits per heavy atom. The van der Waals surface area contributed by atoms with Gasteiger partial charge >= 0.3 is 0 Å². The van der Waals surface area contributed by atoms with Crippen molar-refractivity contribution >= 4 is 5.69 Å². The van der Waals surface area contributed by atoms with E-state index < -0.39 is 4.92 Å². The molecule has 0 aliphatic heterocycles. The zero-order valence-corrected chi connectivity index (χ0v) is 10.9.